The molecule has 0 bridgehead atoms. The molecule has 7 nitrogen and oxygen atoms in total. The SMILES string of the molecule is Cc1ccc(CNC(=O)c2c(OCc3ccc(Cl)c(Cl)c3)c(C(=O)NO)cn2C)cc1. The molecule has 0 saturated carbocycles. The van der Waals surface area contributed by atoms with Gasteiger partial charge in [-0.2, -0.15) is 0 Å². The molecule has 2 amide bonds. The van der Waals surface area contributed by atoms with Gasteiger partial charge in [0.15, 0.2) is 5.75 Å². The van der Waals surface area contributed by atoms with E-state index in [2.05, 4.69) is 5.32 Å². The standard InChI is InChI=1S/C22H21Cl2N3O4/c1-13-3-5-14(6-4-13)10-25-22(29)19-20(16(11-27(19)2)21(28)26-30)31-12-15-7-8-17(23)18(24)9-15/h3-9,11,30H,10,12H2,1-2H3,(H,25,29)(H,26,28). The van der Waals surface area contributed by atoms with E-state index < -0.39 is 11.8 Å². The fourth-order valence-electron chi connectivity index (χ4n) is 2.99. The lowest BCUT2D eigenvalue weighted by Gasteiger charge is -2.12. The third kappa shape index (κ3) is 5.38. The lowest BCUT2D eigenvalue weighted by Crippen LogP contribution is -2.25. The van der Waals surface area contributed by atoms with Gasteiger partial charge >= 0.3 is 0 Å². The van der Waals surface area contributed by atoms with Gasteiger partial charge < -0.3 is 14.6 Å². The van der Waals surface area contributed by atoms with Gasteiger partial charge in [-0.1, -0.05) is 59.1 Å². The maximum absolute atomic E-state index is 12.9. The predicted octanol–water partition coefficient (Wildman–Crippen LogP) is 4.27. The van der Waals surface area contributed by atoms with Crippen LogP contribution in [0.2, 0.25) is 10.0 Å². The Labute approximate surface area is 189 Å². The minimum Gasteiger partial charge on any atom is -0.486 e. The van der Waals surface area contributed by atoms with Gasteiger partial charge in [-0.25, -0.2) is 5.48 Å². The molecule has 0 aliphatic rings. The van der Waals surface area contributed by atoms with E-state index in [-0.39, 0.29) is 23.6 Å². The van der Waals surface area contributed by atoms with Crippen LogP contribution in [0.3, 0.4) is 0 Å². The quantitative estimate of drug-likeness (QED) is 0.361. The molecule has 31 heavy (non-hydrogen) atoms. The van der Waals surface area contributed by atoms with Crippen molar-refractivity contribution in [3.8, 4) is 5.75 Å². The molecular formula is C22H21Cl2N3O4. The van der Waals surface area contributed by atoms with Gasteiger partial charge in [-0.3, -0.25) is 14.8 Å². The summed E-state index contributed by atoms with van der Waals surface area (Å²) in [6.45, 7) is 2.32. The monoisotopic (exact) mass is 461 g/mol. The van der Waals surface area contributed by atoms with Gasteiger partial charge in [0.1, 0.15) is 17.9 Å². The first kappa shape index (κ1) is 22.7. The van der Waals surface area contributed by atoms with Crippen LogP contribution in [0, 0.1) is 6.92 Å². The Hall–Kier alpha value is -3.00. The number of hydrogen-bond acceptors (Lipinski definition) is 4. The molecule has 1 heterocycles. The van der Waals surface area contributed by atoms with Crippen LogP contribution in [-0.2, 0) is 20.2 Å². The van der Waals surface area contributed by atoms with Crippen molar-refractivity contribution in [1.29, 1.82) is 0 Å². The number of rotatable bonds is 7. The van der Waals surface area contributed by atoms with Crippen LogP contribution in [0.5, 0.6) is 5.75 Å². The summed E-state index contributed by atoms with van der Waals surface area (Å²) in [6, 6.07) is 12.7. The van der Waals surface area contributed by atoms with Crippen LogP contribution >= 0.6 is 23.2 Å². The minimum atomic E-state index is -0.794. The highest BCUT2D eigenvalue weighted by Gasteiger charge is 2.26. The molecule has 3 N–H and O–H groups in total. The van der Waals surface area contributed by atoms with Gasteiger partial charge in [0, 0.05) is 19.8 Å². The van der Waals surface area contributed by atoms with Crippen molar-refractivity contribution in [1.82, 2.24) is 15.4 Å². The van der Waals surface area contributed by atoms with Crippen molar-refractivity contribution in [2.24, 2.45) is 7.05 Å². The van der Waals surface area contributed by atoms with Crippen LogP contribution in [0.25, 0.3) is 0 Å². The van der Waals surface area contributed by atoms with E-state index in [4.69, 9.17) is 33.1 Å². The van der Waals surface area contributed by atoms with Gasteiger partial charge in [-0.15, -0.1) is 0 Å². The zero-order valence-electron chi connectivity index (χ0n) is 16.9. The molecule has 0 aliphatic heterocycles. The summed E-state index contributed by atoms with van der Waals surface area (Å²) in [5.74, 6) is -1.18. The van der Waals surface area contributed by atoms with Crippen molar-refractivity contribution >= 4 is 35.0 Å². The Morgan fingerprint density at radius 3 is 2.35 bits per heavy atom. The fraction of sp³-hybridized carbons (Fsp3) is 0.182. The number of benzene rings is 2. The molecular weight excluding hydrogens is 441 g/mol. The molecule has 1 aromatic heterocycles. The van der Waals surface area contributed by atoms with Crippen molar-refractivity contribution in [2.45, 2.75) is 20.1 Å². The fourth-order valence-corrected chi connectivity index (χ4v) is 3.31. The van der Waals surface area contributed by atoms with Gasteiger partial charge in [-0.05, 0) is 30.2 Å². The zero-order valence-corrected chi connectivity index (χ0v) is 18.4. The summed E-state index contributed by atoms with van der Waals surface area (Å²) < 4.78 is 7.30. The second-order valence-electron chi connectivity index (χ2n) is 6.98. The third-order valence-corrected chi connectivity index (χ3v) is 5.38. The maximum atomic E-state index is 12.9. The zero-order chi connectivity index (χ0) is 22.5. The number of nitrogens with zero attached hydrogens (tertiary/aromatic N) is 1. The van der Waals surface area contributed by atoms with Crippen molar-refractivity contribution < 1.29 is 19.5 Å². The average molecular weight is 462 g/mol. The third-order valence-electron chi connectivity index (χ3n) is 4.64. The number of amides is 2. The number of halogens is 2. The smallest absolute Gasteiger partial charge is 0.279 e. The highest BCUT2D eigenvalue weighted by atomic mass is 35.5. The van der Waals surface area contributed by atoms with Crippen molar-refractivity contribution in [3.05, 3.63) is 86.7 Å². The number of hydrogen-bond donors (Lipinski definition) is 3. The number of ether oxygens (including phenoxy) is 1. The summed E-state index contributed by atoms with van der Waals surface area (Å²) >= 11 is 12.0. The van der Waals surface area contributed by atoms with Crippen LogP contribution in [0.4, 0.5) is 0 Å². The lowest BCUT2D eigenvalue weighted by atomic mass is 10.1. The second-order valence-corrected chi connectivity index (χ2v) is 7.79. The van der Waals surface area contributed by atoms with E-state index in [1.54, 1.807) is 30.7 Å². The van der Waals surface area contributed by atoms with E-state index in [0.717, 1.165) is 11.1 Å². The summed E-state index contributed by atoms with van der Waals surface area (Å²) in [5, 5.41) is 12.7. The number of aromatic nitrogens is 1. The number of carbonyl (C=O) groups is 2. The van der Waals surface area contributed by atoms with Crippen molar-refractivity contribution in [3.63, 3.8) is 0 Å². The van der Waals surface area contributed by atoms with Crippen LogP contribution in [-0.4, -0.2) is 21.6 Å². The maximum Gasteiger partial charge on any atom is 0.279 e. The van der Waals surface area contributed by atoms with Crippen LogP contribution in [0.1, 0.15) is 37.5 Å². The molecule has 0 radical (unpaired) electrons. The number of aryl methyl sites for hydroxylation is 2. The Balaban J connectivity index is 1.85. The Morgan fingerprint density at radius 1 is 1.03 bits per heavy atom. The van der Waals surface area contributed by atoms with E-state index >= 15 is 0 Å². The predicted molar refractivity (Wildman–Crippen MR) is 118 cm³/mol. The summed E-state index contributed by atoms with van der Waals surface area (Å²) in [5.41, 5.74) is 4.48. The van der Waals surface area contributed by atoms with E-state index in [1.807, 2.05) is 31.2 Å². The molecule has 162 valence electrons. The highest BCUT2D eigenvalue weighted by molar-refractivity contribution is 6.42. The molecule has 3 aromatic rings. The van der Waals surface area contributed by atoms with E-state index in [0.29, 0.717) is 22.2 Å². The Kier molecular flexibility index (Phi) is 7.22. The number of hydroxylamine groups is 1. The molecule has 9 heteroatoms. The van der Waals surface area contributed by atoms with Crippen LogP contribution < -0.4 is 15.5 Å². The molecule has 0 spiro atoms. The molecule has 0 unspecified atom stereocenters. The molecule has 0 saturated heterocycles. The topological polar surface area (TPSA) is 92.6 Å². The average Bonchev–Trinajstić information content (AvgIpc) is 3.09. The summed E-state index contributed by atoms with van der Waals surface area (Å²) in [4.78, 5) is 25.0. The molecule has 3 rings (SSSR count). The number of carbonyl (C=O) groups excluding carboxylic acids is 2. The van der Waals surface area contributed by atoms with Crippen molar-refractivity contribution in [2.75, 3.05) is 0 Å². The number of nitrogens with one attached hydrogen (secondary N) is 2. The molecule has 0 fully saturated rings. The first-order valence-corrected chi connectivity index (χ1v) is 10.1. The van der Waals surface area contributed by atoms with Crippen LogP contribution in [0.15, 0.2) is 48.7 Å². The minimum absolute atomic E-state index is 0.0190. The summed E-state index contributed by atoms with van der Waals surface area (Å²) in [7, 11) is 1.61. The van der Waals surface area contributed by atoms with E-state index in [1.165, 1.54) is 10.8 Å². The largest absolute Gasteiger partial charge is 0.486 e. The Bertz CT molecular complexity index is 1110. The molecule has 2 aromatic carbocycles. The van der Waals surface area contributed by atoms with Gasteiger partial charge in [0.05, 0.1) is 10.0 Å². The first-order valence-electron chi connectivity index (χ1n) is 9.34. The molecule has 0 aliphatic carbocycles. The Morgan fingerprint density at radius 2 is 1.71 bits per heavy atom. The normalized spacial score (nSPS) is 10.6. The second kappa shape index (κ2) is 9.87. The summed E-state index contributed by atoms with van der Waals surface area (Å²) in [6.07, 6.45) is 1.41. The highest BCUT2D eigenvalue weighted by Crippen LogP contribution is 2.28. The first-order chi connectivity index (χ1) is 14.8. The van der Waals surface area contributed by atoms with E-state index in [9.17, 15) is 9.59 Å². The van der Waals surface area contributed by atoms with Gasteiger partial charge in [0.25, 0.3) is 11.8 Å². The lowest BCUT2D eigenvalue weighted by molar-refractivity contribution is 0.0702. The van der Waals surface area contributed by atoms with Gasteiger partial charge in [0.2, 0.25) is 0 Å². The molecule has 0 atom stereocenters.